The van der Waals surface area contributed by atoms with E-state index in [1.165, 1.54) is 5.56 Å². The monoisotopic (exact) mass is 392 g/mol. The number of rotatable bonds is 5. The molecule has 2 aromatic carbocycles. The summed E-state index contributed by atoms with van der Waals surface area (Å²) in [6, 6.07) is 15.8. The van der Waals surface area contributed by atoms with Gasteiger partial charge in [-0.2, -0.15) is 0 Å². The van der Waals surface area contributed by atoms with Crippen molar-refractivity contribution in [1.82, 2.24) is 9.97 Å². The third-order valence-corrected chi connectivity index (χ3v) is 5.08. The molecule has 3 aromatic rings. The fourth-order valence-electron chi connectivity index (χ4n) is 3.44. The Morgan fingerprint density at radius 1 is 1.11 bits per heavy atom. The Morgan fingerprint density at radius 3 is 2.75 bits per heavy atom. The summed E-state index contributed by atoms with van der Waals surface area (Å²) in [4.78, 5) is 23.3. The molecule has 0 atom stereocenters. The van der Waals surface area contributed by atoms with E-state index < -0.39 is 0 Å². The molecule has 0 unspecified atom stereocenters. The van der Waals surface area contributed by atoms with Crippen molar-refractivity contribution < 1.29 is 4.79 Å². The number of halogens is 1. The lowest BCUT2D eigenvalue weighted by Crippen LogP contribution is -2.35. The zero-order chi connectivity index (χ0) is 19.3. The van der Waals surface area contributed by atoms with Crippen LogP contribution in [0.1, 0.15) is 27.9 Å². The number of nitrogens with one attached hydrogen (secondary N) is 1. The Labute approximate surface area is 169 Å². The van der Waals surface area contributed by atoms with Gasteiger partial charge in [0, 0.05) is 36.2 Å². The lowest BCUT2D eigenvalue weighted by Gasteiger charge is -2.29. The van der Waals surface area contributed by atoms with Crippen LogP contribution in [-0.2, 0) is 12.8 Å². The molecular weight excluding hydrogens is 372 g/mol. The zero-order valence-electron chi connectivity index (χ0n) is 15.4. The summed E-state index contributed by atoms with van der Waals surface area (Å²) in [5.41, 5.74) is 3.84. The van der Waals surface area contributed by atoms with Crippen molar-refractivity contribution >= 4 is 29.1 Å². The topological polar surface area (TPSA) is 58.1 Å². The molecule has 0 aliphatic carbocycles. The van der Waals surface area contributed by atoms with E-state index in [4.69, 9.17) is 11.6 Å². The molecule has 1 aromatic heterocycles. The zero-order valence-corrected chi connectivity index (χ0v) is 16.2. The normalized spacial score (nSPS) is 13.1. The molecule has 5 nitrogen and oxygen atoms in total. The summed E-state index contributed by atoms with van der Waals surface area (Å²) in [5, 5.41) is 3.92. The lowest BCUT2D eigenvalue weighted by molar-refractivity contribution is 0.0984. The van der Waals surface area contributed by atoms with Crippen molar-refractivity contribution in [3.63, 3.8) is 0 Å². The summed E-state index contributed by atoms with van der Waals surface area (Å²) in [7, 11) is 0. The maximum absolute atomic E-state index is 12.9. The van der Waals surface area contributed by atoms with Crippen molar-refractivity contribution in [2.45, 2.75) is 19.3 Å². The summed E-state index contributed by atoms with van der Waals surface area (Å²) in [5.74, 6) is 0.454. The van der Waals surface area contributed by atoms with Crippen molar-refractivity contribution in [2.75, 3.05) is 23.3 Å². The van der Waals surface area contributed by atoms with Gasteiger partial charge in [-0.25, -0.2) is 9.97 Å². The van der Waals surface area contributed by atoms with Gasteiger partial charge >= 0.3 is 0 Å². The number of fused-ring (bicyclic) bond motifs is 1. The standard InChI is InChI=1S/C22H21ClN4O/c23-19-8-3-5-16(13-19)10-11-24-22-25-14-18(15-26-22)21(28)27-12-4-7-17-6-1-2-9-20(17)27/h1-3,5-6,8-9,13-15H,4,7,10-12H2,(H,24,25,26). The van der Waals surface area contributed by atoms with Crippen LogP contribution in [0.25, 0.3) is 0 Å². The summed E-state index contributed by atoms with van der Waals surface area (Å²) in [6.07, 6.45) is 5.97. The van der Waals surface area contributed by atoms with E-state index in [2.05, 4.69) is 21.4 Å². The Kier molecular flexibility index (Phi) is 5.53. The molecule has 1 aliphatic heterocycles. The van der Waals surface area contributed by atoms with Gasteiger partial charge in [-0.3, -0.25) is 4.79 Å². The van der Waals surface area contributed by atoms with Crippen LogP contribution in [0.4, 0.5) is 11.6 Å². The number of aryl methyl sites for hydroxylation is 1. The molecule has 1 aliphatic rings. The highest BCUT2D eigenvalue weighted by molar-refractivity contribution is 6.30. The molecule has 0 fully saturated rings. The van der Waals surface area contributed by atoms with Crippen LogP contribution in [0.3, 0.4) is 0 Å². The van der Waals surface area contributed by atoms with E-state index in [1.54, 1.807) is 12.4 Å². The molecule has 1 N–H and O–H groups in total. The fraction of sp³-hybridized carbons (Fsp3) is 0.227. The van der Waals surface area contributed by atoms with Crippen molar-refractivity contribution in [2.24, 2.45) is 0 Å². The predicted molar refractivity (Wildman–Crippen MR) is 112 cm³/mol. The number of para-hydroxylation sites is 1. The minimum absolute atomic E-state index is 0.0578. The number of hydrogen-bond acceptors (Lipinski definition) is 4. The Hall–Kier alpha value is -2.92. The molecule has 0 saturated carbocycles. The van der Waals surface area contributed by atoms with Gasteiger partial charge in [-0.1, -0.05) is 41.9 Å². The van der Waals surface area contributed by atoms with Gasteiger partial charge in [0.25, 0.3) is 5.91 Å². The highest BCUT2D eigenvalue weighted by Gasteiger charge is 2.23. The van der Waals surface area contributed by atoms with Crippen LogP contribution in [0.15, 0.2) is 60.9 Å². The summed E-state index contributed by atoms with van der Waals surface area (Å²) < 4.78 is 0. The fourth-order valence-corrected chi connectivity index (χ4v) is 3.65. The second-order valence-corrected chi connectivity index (χ2v) is 7.23. The Bertz CT molecular complexity index is 974. The number of carbonyl (C=O) groups excluding carboxylic acids is 1. The van der Waals surface area contributed by atoms with E-state index in [9.17, 15) is 4.79 Å². The maximum Gasteiger partial charge on any atom is 0.261 e. The van der Waals surface area contributed by atoms with Gasteiger partial charge in [0.15, 0.2) is 0 Å². The quantitative estimate of drug-likeness (QED) is 0.700. The number of carbonyl (C=O) groups is 1. The van der Waals surface area contributed by atoms with Crippen LogP contribution in [-0.4, -0.2) is 29.0 Å². The van der Waals surface area contributed by atoms with Crippen LogP contribution in [0.2, 0.25) is 5.02 Å². The lowest BCUT2D eigenvalue weighted by atomic mass is 10.0. The van der Waals surface area contributed by atoms with E-state index in [0.717, 1.165) is 42.1 Å². The van der Waals surface area contributed by atoms with Crippen molar-refractivity contribution in [1.29, 1.82) is 0 Å². The van der Waals surface area contributed by atoms with E-state index in [0.29, 0.717) is 18.1 Å². The average molecular weight is 393 g/mol. The minimum Gasteiger partial charge on any atom is -0.354 e. The van der Waals surface area contributed by atoms with Crippen LogP contribution in [0.5, 0.6) is 0 Å². The van der Waals surface area contributed by atoms with Gasteiger partial charge in [0.05, 0.1) is 5.56 Å². The third-order valence-electron chi connectivity index (χ3n) is 4.84. The van der Waals surface area contributed by atoms with Crippen LogP contribution in [0, 0.1) is 0 Å². The second kappa shape index (κ2) is 8.40. The number of nitrogens with zero attached hydrogens (tertiary/aromatic N) is 3. The molecule has 0 bridgehead atoms. The first-order valence-corrected chi connectivity index (χ1v) is 9.78. The van der Waals surface area contributed by atoms with Crippen molar-refractivity contribution in [3.05, 3.63) is 82.6 Å². The van der Waals surface area contributed by atoms with E-state index >= 15 is 0 Å². The summed E-state index contributed by atoms with van der Waals surface area (Å²) >= 11 is 6.00. The number of benzene rings is 2. The minimum atomic E-state index is -0.0578. The highest BCUT2D eigenvalue weighted by atomic mass is 35.5. The SMILES string of the molecule is O=C(c1cnc(NCCc2cccc(Cl)c2)nc1)N1CCCc2ccccc21. The molecular formula is C22H21ClN4O. The first-order valence-electron chi connectivity index (χ1n) is 9.41. The van der Waals surface area contributed by atoms with Crippen LogP contribution < -0.4 is 10.2 Å². The molecule has 1 amide bonds. The van der Waals surface area contributed by atoms with Gasteiger partial charge < -0.3 is 10.2 Å². The van der Waals surface area contributed by atoms with Gasteiger partial charge in [0.1, 0.15) is 0 Å². The average Bonchev–Trinajstić information content (AvgIpc) is 2.73. The highest BCUT2D eigenvalue weighted by Crippen LogP contribution is 2.27. The second-order valence-electron chi connectivity index (χ2n) is 6.79. The molecule has 0 saturated heterocycles. The van der Waals surface area contributed by atoms with Crippen LogP contribution >= 0.6 is 11.6 Å². The third kappa shape index (κ3) is 4.15. The number of hydrogen-bond donors (Lipinski definition) is 1. The first kappa shape index (κ1) is 18.4. The molecule has 28 heavy (non-hydrogen) atoms. The van der Waals surface area contributed by atoms with Crippen molar-refractivity contribution in [3.8, 4) is 0 Å². The predicted octanol–water partition coefficient (Wildman–Crippen LogP) is 4.38. The Balaban J connectivity index is 1.39. The van der Waals surface area contributed by atoms with Gasteiger partial charge in [-0.05, 0) is 48.6 Å². The molecule has 0 spiro atoms. The first-order chi connectivity index (χ1) is 13.7. The maximum atomic E-state index is 12.9. The molecule has 6 heteroatoms. The smallest absolute Gasteiger partial charge is 0.261 e. The largest absolute Gasteiger partial charge is 0.354 e. The number of amides is 1. The molecule has 0 radical (unpaired) electrons. The molecule has 4 rings (SSSR count). The van der Waals surface area contributed by atoms with E-state index in [-0.39, 0.29) is 5.91 Å². The Morgan fingerprint density at radius 2 is 1.93 bits per heavy atom. The molecule has 142 valence electrons. The number of aromatic nitrogens is 2. The van der Waals surface area contributed by atoms with E-state index in [1.807, 2.05) is 47.4 Å². The summed E-state index contributed by atoms with van der Waals surface area (Å²) in [6.45, 7) is 1.41. The van der Waals surface area contributed by atoms with Gasteiger partial charge in [-0.15, -0.1) is 0 Å². The molecule has 2 heterocycles. The number of anilines is 2. The van der Waals surface area contributed by atoms with Gasteiger partial charge in [0.2, 0.25) is 5.95 Å².